The van der Waals surface area contributed by atoms with Crippen LogP contribution in [0.25, 0.3) is 11.0 Å². The van der Waals surface area contributed by atoms with Crippen molar-refractivity contribution in [1.82, 2.24) is 4.72 Å². The van der Waals surface area contributed by atoms with Crippen LogP contribution in [0.5, 0.6) is 0 Å². The van der Waals surface area contributed by atoms with Crippen molar-refractivity contribution in [2.75, 3.05) is 11.8 Å². The van der Waals surface area contributed by atoms with E-state index < -0.39 is 21.7 Å². The molecule has 152 valence electrons. The highest BCUT2D eigenvalue weighted by Gasteiger charge is 2.21. The van der Waals surface area contributed by atoms with Crippen LogP contribution in [0.2, 0.25) is 5.02 Å². The first-order chi connectivity index (χ1) is 13.6. The van der Waals surface area contributed by atoms with Gasteiger partial charge in [-0.25, -0.2) is 9.52 Å². The number of carbonyl (C=O) groups is 1. The van der Waals surface area contributed by atoms with Crippen LogP contribution in [0.1, 0.15) is 27.0 Å². The third-order valence-corrected chi connectivity index (χ3v) is 5.59. The van der Waals surface area contributed by atoms with Crippen molar-refractivity contribution < 1.29 is 17.6 Å². The second kappa shape index (κ2) is 7.86. The fourth-order valence-corrected chi connectivity index (χ4v) is 3.88. The number of nitrogens with two attached hydrogens (primary N) is 1. The lowest BCUT2D eigenvalue weighted by atomic mass is 9.97. The molecular weight excluding hydrogens is 418 g/mol. The Labute approximate surface area is 171 Å². The van der Waals surface area contributed by atoms with Crippen LogP contribution < -0.4 is 20.8 Å². The van der Waals surface area contributed by atoms with Crippen molar-refractivity contribution in [1.29, 1.82) is 0 Å². The van der Waals surface area contributed by atoms with E-state index in [1.807, 2.05) is 0 Å². The number of aryl methyl sites for hydroxylation is 1. The molecule has 8 nitrogen and oxygen atoms in total. The lowest BCUT2D eigenvalue weighted by Gasteiger charge is -2.12. The molecule has 3 aromatic rings. The Hall–Kier alpha value is -2.88. The van der Waals surface area contributed by atoms with Crippen LogP contribution in [0.3, 0.4) is 0 Å². The van der Waals surface area contributed by atoms with Crippen molar-refractivity contribution in [3.8, 4) is 0 Å². The van der Waals surface area contributed by atoms with Crippen LogP contribution in [-0.4, -0.2) is 21.4 Å². The third kappa shape index (κ3) is 4.42. The van der Waals surface area contributed by atoms with E-state index in [-0.39, 0.29) is 23.1 Å². The van der Waals surface area contributed by atoms with Crippen LogP contribution >= 0.6 is 11.6 Å². The van der Waals surface area contributed by atoms with Crippen LogP contribution in [0, 0.1) is 6.92 Å². The summed E-state index contributed by atoms with van der Waals surface area (Å²) >= 11 is 6.11. The van der Waals surface area contributed by atoms with E-state index in [0.29, 0.717) is 27.2 Å². The van der Waals surface area contributed by atoms with E-state index >= 15 is 0 Å². The maximum atomic E-state index is 12.6. The first kappa shape index (κ1) is 20.8. The Morgan fingerprint density at radius 3 is 2.62 bits per heavy atom. The molecule has 0 aliphatic heterocycles. The largest absolute Gasteiger partial charge is 0.422 e. The smallest absolute Gasteiger partial charge is 0.340 e. The molecule has 0 saturated carbocycles. The summed E-state index contributed by atoms with van der Waals surface area (Å²) < 4.78 is 33.3. The Bertz CT molecular complexity index is 1280. The molecule has 0 atom stereocenters. The SMILES string of the molecule is CNS(=O)(=O)Nc1cccc(Cc2c(C(N)=O)c3cc(Cl)cc(C)c3oc2=O)c1. The molecule has 0 fully saturated rings. The molecule has 0 bridgehead atoms. The molecule has 1 heterocycles. The summed E-state index contributed by atoms with van der Waals surface area (Å²) in [6, 6.07) is 9.56. The van der Waals surface area contributed by atoms with Gasteiger partial charge in [0.2, 0.25) is 5.91 Å². The van der Waals surface area contributed by atoms with Crippen molar-refractivity contribution >= 4 is 44.4 Å². The molecule has 0 radical (unpaired) electrons. The van der Waals surface area contributed by atoms with Crippen molar-refractivity contribution in [2.24, 2.45) is 5.73 Å². The van der Waals surface area contributed by atoms with E-state index in [1.165, 1.54) is 13.1 Å². The van der Waals surface area contributed by atoms with Gasteiger partial charge in [-0.3, -0.25) is 9.52 Å². The molecular formula is C19H18ClN3O5S. The number of hydrogen-bond donors (Lipinski definition) is 3. The van der Waals surface area contributed by atoms with Gasteiger partial charge < -0.3 is 10.2 Å². The Morgan fingerprint density at radius 2 is 1.97 bits per heavy atom. The fraction of sp³-hybridized carbons (Fsp3) is 0.158. The number of hydrogen-bond acceptors (Lipinski definition) is 5. The first-order valence-corrected chi connectivity index (χ1v) is 10.3. The standard InChI is InChI=1S/C19H18ClN3O5S/c1-10-6-12(20)9-14-16(18(21)24)15(19(25)28-17(10)14)8-11-4-3-5-13(7-11)23-29(26,27)22-2/h3-7,9,22-23H,8H2,1-2H3,(H2,21,24). The normalized spacial score (nSPS) is 11.6. The predicted molar refractivity (Wildman–Crippen MR) is 112 cm³/mol. The summed E-state index contributed by atoms with van der Waals surface area (Å²) in [7, 11) is -2.42. The molecule has 10 heteroatoms. The van der Waals surface area contributed by atoms with Gasteiger partial charge >= 0.3 is 5.63 Å². The van der Waals surface area contributed by atoms with Gasteiger partial charge in [0.05, 0.1) is 16.8 Å². The number of fused-ring (bicyclic) bond motifs is 1. The minimum Gasteiger partial charge on any atom is -0.422 e. The average Bonchev–Trinajstić information content (AvgIpc) is 2.63. The fourth-order valence-electron chi connectivity index (χ4n) is 3.07. The van der Waals surface area contributed by atoms with Gasteiger partial charge in [-0.2, -0.15) is 8.42 Å². The molecule has 4 N–H and O–H groups in total. The summed E-state index contributed by atoms with van der Waals surface area (Å²) in [6.45, 7) is 1.71. The van der Waals surface area contributed by atoms with E-state index in [2.05, 4.69) is 9.44 Å². The van der Waals surface area contributed by atoms with Crippen molar-refractivity contribution in [2.45, 2.75) is 13.3 Å². The zero-order valence-corrected chi connectivity index (χ0v) is 17.1. The topological polar surface area (TPSA) is 132 Å². The monoisotopic (exact) mass is 435 g/mol. The maximum absolute atomic E-state index is 12.6. The maximum Gasteiger partial charge on any atom is 0.340 e. The summed E-state index contributed by atoms with van der Waals surface area (Å²) in [5, 5.41) is 0.727. The second-order valence-corrected chi connectivity index (χ2v) is 8.45. The van der Waals surface area contributed by atoms with E-state index in [0.717, 1.165) is 0 Å². The van der Waals surface area contributed by atoms with Gasteiger partial charge in [-0.15, -0.1) is 0 Å². The van der Waals surface area contributed by atoms with Crippen LogP contribution in [-0.2, 0) is 16.6 Å². The summed E-state index contributed by atoms with van der Waals surface area (Å²) in [5.41, 5.74) is 6.69. The van der Waals surface area contributed by atoms with Gasteiger partial charge in [0.1, 0.15) is 5.58 Å². The number of rotatable bonds is 6. The molecule has 0 saturated heterocycles. The zero-order valence-electron chi connectivity index (χ0n) is 15.6. The van der Waals surface area contributed by atoms with Gasteiger partial charge in [-0.05, 0) is 42.3 Å². The van der Waals surface area contributed by atoms with Crippen LogP contribution in [0.15, 0.2) is 45.6 Å². The lowest BCUT2D eigenvalue weighted by molar-refractivity contribution is 0.100. The Balaban J connectivity index is 2.14. The minimum atomic E-state index is -3.70. The summed E-state index contributed by atoms with van der Waals surface area (Å²) in [6.07, 6.45) is 0.0111. The molecule has 0 aliphatic carbocycles. The average molecular weight is 436 g/mol. The molecule has 1 amide bonds. The number of amides is 1. The van der Waals surface area contributed by atoms with Crippen molar-refractivity contribution in [3.05, 3.63) is 74.1 Å². The number of nitrogens with one attached hydrogen (secondary N) is 2. The number of anilines is 1. The summed E-state index contributed by atoms with van der Waals surface area (Å²) in [5.74, 6) is -0.786. The van der Waals surface area contributed by atoms with E-state index in [4.69, 9.17) is 21.8 Å². The lowest BCUT2D eigenvalue weighted by Crippen LogP contribution is -2.26. The minimum absolute atomic E-state index is 0.0111. The van der Waals surface area contributed by atoms with Crippen molar-refractivity contribution in [3.63, 3.8) is 0 Å². The summed E-state index contributed by atoms with van der Waals surface area (Å²) in [4.78, 5) is 24.8. The molecule has 2 aromatic carbocycles. The molecule has 0 unspecified atom stereocenters. The Kier molecular flexibility index (Phi) is 5.65. The van der Waals surface area contributed by atoms with E-state index in [9.17, 15) is 18.0 Å². The highest BCUT2D eigenvalue weighted by Crippen LogP contribution is 2.28. The number of primary amides is 1. The molecule has 0 aliphatic rings. The predicted octanol–water partition coefficient (Wildman–Crippen LogP) is 2.32. The number of halogens is 1. The van der Waals surface area contributed by atoms with Gasteiger partial charge in [0, 0.05) is 23.9 Å². The molecule has 0 spiro atoms. The van der Waals surface area contributed by atoms with Gasteiger partial charge in [0.25, 0.3) is 10.2 Å². The number of carbonyl (C=O) groups excluding carboxylic acids is 1. The second-order valence-electron chi connectivity index (χ2n) is 6.39. The van der Waals surface area contributed by atoms with Gasteiger partial charge in [0.15, 0.2) is 0 Å². The quantitative estimate of drug-likeness (QED) is 0.511. The Morgan fingerprint density at radius 1 is 1.24 bits per heavy atom. The first-order valence-electron chi connectivity index (χ1n) is 8.47. The van der Waals surface area contributed by atoms with E-state index in [1.54, 1.807) is 37.3 Å². The van der Waals surface area contributed by atoms with Crippen LogP contribution in [0.4, 0.5) is 5.69 Å². The molecule has 3 rings (SSSR count). The molecule has 1 aromatic heterocycles. The zero-order chi connectivity index (χ0) is 21.3. The third-order valence-electron chi connectivity index (χ3n) is 4.33. The van der Waals surface area contributed by atoms with Gasteiger partial charge in [-0.1, -0.05) is 23.7 Å². The number of benzene rings is 2. The highest BCUT2D eigenvalue weighted by atomic mass is 35.5. The highest BCUT2D eigenvalue weighted by molar-refractivity contribution is 7.90. The molecule has 29 heavy (non-hydrogen) atoms.